The summed E-state index contributed by atoms with van der Waals surface area (Å²) in [6.07, 6.45) is -7.59. The number of benzene rings is 1. The van der Waals surface area contributed by atoms with Gasteiger partial charge in [-0.25, -0.2) is 12.6 Å². The van der Waals surface area contributed by atoms with Crippen LogP contribution in [-0.4, -0.2) is 92.2 Å². The number of aliphatic carboxylic acids is 1. The van der Waals surface area contributed by atoms with Crippen LogP contribution in [0.15, 0.2) is 41.3 Å². The monoisotopic (exact) mass is 864 g/mol. The molecule has 8 unspecified atom stereocenters. The third kappa shape index (κ3) is 9.12. The molecule has 320 valence electrons. The average molecular weight is 865 g/mol. The van der Waals surface area contributed by atoms with Gasteiger partial charge >= 0.3 is 22.3 Å². The molecule has 1 spiro atoms. The molecular weight excluding hydrogens is 813 g/mol. The summed E-state index contributed by atoms with van der Waals surface area (Å²) in [6, 6.07) is 5.87. The zero-order valence-electron chi connectivity index (χ0n) is 32.1. The van der Waals surface area contributed by atoms with E-state index >= 15 is 0 Å². The van der Waals surface area contributed by atoms with Gasteiger partial charge in [0, 0.05) is 24.7 Å². The van der Waals surface area contributed by atoms with E-state index in [-0.39, 0.29) is 47.8 Å². The van der Waals surface area contributed by atoms with E-state index in [1.165, 1.54) is 12.1 Å². The smallest absolute Gasteiger partial charge is 0.397 e. The maximum atomic E-state index is 13.8. The minimum Gasteiger partial charge on any atom is -0.481 e. The highest BCUT2D eigenvalue weighted by Crippen LogP contribution is 2.70. The number of sulfone groups is 1. The zero-order valence-corrected chi connectivity index (χ0v) is 34.7. The minimum absolute atomic E-state index is 0.0218. The molecule has 20 heteroatoms. The van der Waals surface area contributed by atoms with Gasteiger partial charge in [0.1, 0.15) is 6.10 Å². The van der Waals surface area contributed by atoms with Gasteiger partial charge in [-0.2, -0.15) is 13.3 Å². The van der Waals surface area contributed by atoms with Gasteiger partial charge in [0.2, 0.25) is 0 Å². The zero-order chi connectivity index (χ0) is 41.7. The molecule has 5 fully saturated rings. The average Bonchev–Trinajstić information content (AvgIpc) is 3.28. The summed E-state index contributed by atoms with van der Waals surface area (Å²) in [5.41, 5.74) is 0.416. The van der Waals surface area contributed by atoms with E-state index in [2.05, 4.69) is 33.9 Å². The SMILES string of the molecule is C=C1C2CCC3C4(C)CC(O[C@@H]5O[C@@H](CS(=O)(=O)c6ccc(C)cc6)[C@@H](OOOOS)[C@H](OS(=O)(=O)O)C5OC(=O)CC(C)C)CC(C(=O)O)C4CCC3(C2)[C@H]1O. The van der Waals surface area contributed by atoms with Gasteiger partial charge in [-0.3, -0.25) is 14.1 Å². The fourth-order valence-corrected chi connectivity index (χ4v) is 12.8. The van der Waals surface area contributed by atoms with Crippen molar-refractivity contribution in [2.75, 3.05) is 5.75 Å². The van der Waals surface area contributed by atoms with Gasteiger partial charge in [-0.05, 0) is 109 Å². The number of fused-ring (bicyclic) bond motifs is 3. The Morgan fingerprint density at radius 3 is 2.37 bits per heavy atom. The largest absolute Gasteiger partial charge is 0.481 e. The summed E-state index contributed by atoms with van der Waals surface area (Å²) in [5.74, 6) is -4.16. The number of hydrogen-bond acceptors (Lipinski definition) is 16. The Kier molecular flexibility index (Phi) is 13.3. The van der Waals surface area contributed by atoms with E-state index in [1.807, 2.05) is 6.92 Å². The second kappa shape index (κ2) is 17.0. The summed E-state index contributed by atoms with van der Waals surface area (Å²) < 4.78 is 90.3. The van der Waals surface area contributed by atoms with E-state index < -0.39 is 97.6 Å². The lowest BCUT2D eigenvalue weighted by atomic mass is 9.43. The van der Waals surface area contributed by atoms with Gasteiger partial charge < -0.3 is 24.4 Å². The Labute approximate surface area is 337 Å². The summed E-state index contributed by atoms with van der Waals surface area (Å²) in [6.45, 7) is 11.5. The number of aliphatic hydroxyl groups excluding tert-OH is 1. The predicted octanol–water partition coefficient (Wildman–Crippen LogP) is 4.29. The number of rotatable bonds is 15. The fraction of sp³-hybridized carbons (Fsp3) is 0.730. The number of aryl methyl sites for hydroxylation is 1. The molecule has 1 aliphatic heterocycles. The van der Waals surface area contributed by atoms with Crippen LogP contribution < -0.4 is 0 Å². The van der Waals surface area contributed by atoms with Crippen LogP contribution in [0.5, 0.6) is 0 Å². The number of esters is 1. The number of ether oxygens (including phenoxy) is 3. The Hall–Kier alpha value is -2.21. The summed E-state index contributed by atoms with van der Waals surface area (Å²) >= 11 is 3.38. The van der Waals surface area contributed by atoms with Gasteiger partial charge in [-0.15, -0.1) is 4.33 Å². The van der Waals surface area contributed by atoms with Gasteiger partial charge in [0.15, 0.2) is 34.4 Å². The normalized spacial score (nSPS) is 38.0. The van der Waals surface area contributed by atoms with Crippen molar-refractivity contribution in [1.29, 1.82) is 0 Å². The van der Waals surface area contributed by atoms with Crippen LogP contribution >= 0.6 is 12.9 Å². The summed E-state index contributed by atoms with van der Waals surface area (Å²) in [5, 5.41) is 31.0. The lowest BCUT2D eigenvalue weighted by Gasteiger charge is -2.62. The Morgan fingerprint density at radius 1 is 1.04 bits per heavy atom. The Morgan fingerprint density at radius 2 is 1.74 bits per heavy atom. The second-order valence-corrected chi connectivity index (χ2v) is 20.2. The maximum absolute atomic E-state index is 13.8. The third-order valence-corrected chi connectivity index (χ3v) is 15.3. The summed E-state index contributed by atoms with van der Waals surface area (Å²) in [7, 11) is -9.70. The number of carboxylic acids is 1. The van der Waals surface area contributed by atoms with E-state index in [4.69, 9.17) is 23.3 Å². The number of carbonyl (C=O) groups excluding carboxylic acids is 1. The molecule has 17 nitrogen and oxygen atoms in total. The molecule has 1 heterocycles. The molecule has 1 aromatic carbocycles. The van der Waals surface area contributed by atoms with Crippen LogP contribution in [0.2, 0.25) is 0 Å². The van der Waals surface area contributed by atoms with E-state index in [0.29, 0.717) is 12.8 Å². The first-order chi connectivity index (χ1) is 26.7. The quantitative estimate of drug-likeness (QED) is 0.0221. The molecule has 0 aromatic heterocycles. The molecule has 5 aliphatic rings. The van der Waals surface area contributed by atoms with E-state index in [0.717, 1.165) is 30.4 Å². The number of aliphatic hydroxyl groups is 1. The Bertz CT molecular complexity index is 1870. The van der Waals surface area contributed by atoms with Crippen LogP contribution in [0.3, 0.4) is 0 Å². The van der Waals surface area contributed by atoms with Crippen molar-refractivity contribution in [2.45, 2.75) is 127 Å². The van der Waals surface area contributed by atoms with Crippen molar-refractivity contribution < 1.29 is 78.9 Å². The van der Waals surface area contributed by atoms with Crippen LogP contribution in [-0.2, 0) is 67.5 Å². The molecule has 57 heavy (non-hydrogen) atoms. The molecule has 1 aromatic rings. The molecule has 13 atom stereocenters. The van der Waals surface area contributed by atoms with E-state index in [1.54, 1.807) is 32.9 Å². The van der Waals surface area contributed by atoms with Crippen molar-refractivity contribution >= 4 is 45.1 Å². The first-order valence-electron chi connectivity index (χ1n) is 19.0. The van der Waals surface area contributed by atoms with Gasteiger partial charge in [0.05, 0.1) is 28.8 Å². The van der Waals surface area contributed by atoms with Crippen molar-refractivity contribution in [3.63, 3.8) is 0 Å². The molecule has 0 amide bonds. The lowest BCUT2D eigenvalue weighted by molar-refractivity contribution is -0.620. The topological polar surface area (TPSA) is 237 Å². The molecule has 1 saturated heterocycles. The molecule has 0 radical (unpaired) electrons. The highest BCUT2D eigenvalue weighted by atomic mass is 32.3. The fourth-order valence-electron chi connectivity index (χ4n) is 10.8. The number of hydrogen-bond donors (Lipinski definition) is 4. The highest BCUT2D eigenvalue weighted by molar-refractivity contribution is 7.91. The minimum atomic E-state index is -5.42. The van der Waals surface area contributed by atoms with Crippen molar-refractivity contribution in [2.24, 2.45) is 40.4 Å². The standard InChI is InChI=1S/C37H52O17S3/c1-19(2)14-29(38)49-32-31(51-57(44,45)46)30(50-52-53-54-55)27(18-56(42,43)24-9-6-20(3)7-10-24)48-35(32)47-23-15-25(34(40)41)26-12-13-37-16-22(21(4)33(37)39)8-11-28(37)36(26,5)17-23/h6-7,9-10,19,22-23,25-28,30-33,35,39,55H,4,8,11-18H2,1-3,5H3,(H,40,41)(H,44,45,46)/t22?,23?,25?,26?,27-,28?,30+,31-,32?,33-,35+,36?,37?/m0/s1. The molecule has 3 N–H and O–H groups in total. The summed E-state index contributed by atoms with van der Waals surface area (Å²) in [4.78, 5) is 31.4. The van der Waals surface area contributed by atoms with Gasteiger partial charge in [-0.1, -0.05) is 45.0 Å². The molecule has 4 aliphatic carbocycles. The molecule has 6 rings (SSSR count). The van der Waals surface area contributed by atoms with Gasteiger partial charge in [0.25, 0.3) is 0 Å². The third-order valence-electron chi connectivity index (χ3n) is 13.1. The Balaban J connectivity index is 1.40. The first kappa shape index (κ1) is 44.3. The van der Waals surface area contributed by atoms with Crippen LogP contribution in [0.25, 0.3) is 0 Å². The van der Waals surface area contributed by atoms with Crippen molar-refractivity contribution in [3.05, 3.63) is 42.0 Å². The lowest BCUT2D eigenvalue weighted by Crippen LogP contribution is -2.64. The first-order valence-corrected chi connectivity index (χ1v) is 22.4. The van der Waals surface area contributed by atoms with Crippen LogP contribution in [0.4, 0.5) is 0 Å². The van der Waals surface area contributed by atoms with E-state index in [9.17, 15) is 41.2 Å². The molecular formula is C37H52O17S3. The van der Waals surface area contributed by atoms with Crippen LogP contribution in [0.1, 0.15) is 77.7 Å². The highest BCUT2D eigenvalue weighted by Gasteiger charge is 2.67. The second-order valence-electron chi connectivity index (χ2n) is 17.0. The van der Waals surface area contributed by atoms with Crippen molar-refractivity contribution in [3.8, 4) is 0 Å². The number of carboxylic acid groups (broad SMARTS) is 1. The number of thiol groups is 1. The predicted molar refractivity (Wildman–Crippen MR) is 199 cm³/mol. The van der Waals surface area contributed by atoms with Crippen molar-refractivity contribution in [1.82, 2.24) is 0 Å². The van der Waals surface area contributed by atoms with Crippen LogP contribution in [0, 0.1) is 47.3 Å². The molecule has 4 saturated carbocycles. The molecule has 2 bridgehead atoms. The maximum Gasteiger partial charge on any atom is 0.397 e. The number of carbonyl (C=O) groups is 2.